The molecule has 0 fully saturated rings. The van der Waals surface area contributed by atoms with E-state index in [1.807, 2.05) is 0 Å². The van der Waals surface area contributed by atoms with E-state index in [9.17, 15) is 5.11 Å². The van der Waals surface area contributed by atoms with E-state index in [1.165, 1.54) is 33.4 Å². The molecule has 2 aliphatic heterocycles. The first-order valence-electron chi connectivity index (χ1n) is 8.68. The fourth-order valence-electron chi connectivity index (χ4n) is 4.80. The normalized spacial score (nSPS) is 22.2. The highest BCUT2D eigenvalue weighted by Crippen LogP contribution is 2.48. The van der Waals surface area contributed by atoms with E-state index < -0.39 is 8.32 Å². The number of hydrogen-bond acceptors (Lipinski definition) is 2. The number of benzene rings is 2. The van der Waals surface area contributed by atoms with Gasteiger partial charge in [0.05, 0.1) is 0 Å². The maximum Gasteiger partial charge on any atom is 0.260 e. The number of phenols is 1. The minimum atomic E-state index is -2.18. The van der Waals surface area contributed by atoms with Crippen molar-refractivity contribution < 1.29 is 9.53 Å². The number of rotatable bonds is 3. The van der Waals surface area contributed by atoms with E-state index in [4.69, 9.17) is 4.43 Å². The molecule has 2 heterocycles. The molecule has 24 heavy (non-hydrogen) atoms. The maximum absolute atomic E-state index is 10.8. The minimum absolute atomic E-state index is 0.506. The summed E-state index contributed by atoms with van der Waals surface area (Å²) >= 11 is 0. The van der Waals surface area contributed by atoms with E-state index in [1.54, 1.807) is 0 Å². The number of fused-ring (bicyclic) bond motifs is 1. The van der Waals surface area contributed by atoms with Crippen molar-refractivity contribution in [2.45, 2.75) is 26.3 Å². The van der Waals surface area contributed by atoms with Crippen molar-refractivity contribution in [2.75, 3.05) is 6.61 Å². The van der Waals surface area contributed by atoms with Crippen LogP contribution in [0.3, 0.4) is 0 Å². The molecule has 0 aromatic heterocycles. The number of hydrogen-bond donors (Lipinski definition) is 1. The first kappa shape index (κ1) is 14.3. The van der Waals surface area contributed by atoms with Crippen molar-refractivity contribution in [3.05, 3.63) is 59.2 Å². The van der Waals surface area contributed by atoms with Crippen LogP contribution >= 0.6 is 0 Å². The lowest BCUT2D eigenvalue weighted by Gasteiger charge is -2.43. The van der Waals surface area contributed by atoms with Gasteiger partial charge in [0, 0.05) is 17.0 Å². The van der Waals surface area contributed by atoms with Gasteiger partial charge in [-0.15, -0.1) is 0 Å². The third-order valence-corrected chi connectivity index (χ3v) is 9.51. The number of aromatic hydroxyl groups is 1. The molecule has 0 spiro atoms. The molecule has 0 radical (unpaired) electrons. The molecule has 1 unspecified atom stereocenters. The summed E-state index contributed by atoms with van der Waals surface area (Å²) in [5, 5.41) is 13.1. The fourth-order valence-corrected chi connectivity index (χ4v) is 8.43. The molecule has 2 aromatic carbocycles. The third kappa shape index (κ3) is 1.54. The van der Waals surface area contributed by atoms with E-state index in [0.29, 0.717) is 12.4 Å². The average molecular weight is 332 g/mol. The molecule has 0 saturated carbocycles. The first-order chi connectivity index (χ1) is 11.7. The Labute approximate surface area is 143 Å². The van der Waals surface area contributed by atoms with E-state index in [0.717, 1.165) is 23.2 Å². The summed E-state index contributed by atoms with van der Waals surface area (Å²) in [6.45, 7) is 5.00. The smallest absolute Gasteiger partial charge is 0.260 e. The number of allylic oxidation sites excluding steroid dienone is 4. The van der Waals surface area contributed by atoms with Crippen molar-refractivity contribution in [3.63, 3.8) is 0 Å². The van der Waals surface area contributed by atoms with Crippen LogP contribution in [0.15, 0.2) is 42.5 Å². The molecule has 1 N–H and O–H groups in total. The Kier molecular flexibility index (Phi) is 2.80. The summed E-state index contributed by atoms with van der Waals surface area (Å²) in [6.07, 6.45) is 8.37. The zero-order valence-corrected chi connectivity index (χ0v) is 15.0. The summed E-state index contributed by atoms with van der Waals surface area (Å²) in [5.41, 5.74) is 7.95. The monoisotopic (exact) mass is 332 g/mol. The lowest BCUT2D eigenvalue weighted by atomic mass is 9.92. The molecule has 1 atom stereocenters. The molecule has 2 bridgehead atoms. The first-order valence-corrected chi connectivity index (χ1v) is 11.1. The highest BCUT2D eigenvalue weighted by Gasteiger charge is 2.54. The van der Waals surface area contributed by atoms with Crippen LogP contribution in [0.4, 0.5) is 0 Å². The van der Waals surface area contributed by atoms with Gasteiger partial charge in [0.2, 0.25) is 0 Å². The molecule has 6 rings (SSSR count). The van der Waals surface area contributed by atoms with Crippen molar-refractivity contribution in [1.29, 1.82) is 0 Å². The second-order valence-electron chi connectivity index (χ2n) is 6.95. The van der Waals surface area contributed by atoms with Gasteiger partial charge >= 0.3 is 0 Å². The SMILES string of the molecule is CCO[Si]1(C)c2c(O)c1c(C1=CC=CC1)c1c2Cc2ccccc2-1. The Balaban J connectivity index is 1.85. The van der Waals surface area contributed by atoms with Gasteiger partial charge in [-0.25, -0.2) is 0 Å². The largest absolute Gasteiger partial charge is 0.508 e. The molecular formula is C21H20O2Si. The quantitative estimate of drug-likeness (QED) is 0.746. The van der Waals surface area contributed by atoms with Gasteiger partial charge in [0.15, 0.2) is 0 Å². The Morgan fingerprint density at radius 3 is 2.75 bits per heavy atom. The van der Waals surface area contributed by atoms with Crippen molar-refractivity contribution in [2.24, 2.45) is 0 Å². The predicted molar refractivity (Wildman–Crippen MR) is 101 cm³/mol. The van der Waals surface area contributed by atoms with Crippen LogP contribution in [0.1, 0.15) is 30.0 Å². The standard InChI is InChI=1S/C21H20O2Si/c1-3-23-24(2)20-16-12-14-10-6-7-11-15(14)18(16)17(21(24)19(20)22)13-8-4-5-9-13/h4-8,10-11,22H,3,9,12H2,1-2H3. The van der Waals surface area contributed by atoms with Crippen LogP contribution in [0.25, 0.3) is 16.7 Å². The van der Waals surface area contributed by atoms with Gasteiger partial charge in [-0.05, 0) is 59.7 Å². The molecule has 2 nitrogen and oxygen atoms in total. The molecule has 4 aliphatic rings. The van der Waals surface area contributed by atoms with Gasteiger partial charge < -0.3 is 9.53 Å². The van der Waals surface area contributed by atoms with Crippen LogP contribution in [0, 0.1) is 0 Å². The lowest BCUT2D eigenvalue weighted by molar-refractivity contribution is 0.336. The third-order valence-electron chi connectivity index (χ3n) is 5.71. The van der Waals surface area contributed by atoms with E-state index in [-0.39, 0.29) is 0 Å². The fraction of sp³-hybridized carbons (Fsp3) is 0.238. The summed E-state index contributed by atoms with van der Waals surface area (Å²) in [4.78, 5) is 0. The second kappa shape index (κ2) is 4.71. The van der Waals surface area contributed by atoms with E-state index >= 15 is 0 Å². The highest BCUT2D eigenvalue weighted by atomic mass is 28.4. The van der Waals surface area contributed by atoms with Crippen LogP contribution in [-0.2, 0) is 10.8 Å². The van der Waals surface area contributed by atoms with Crippen LogP contribution in [-0.4, -0.2) is 20.0 Å². The van der Waals surface area contributed by atoms with Gasteiger partial charge in [0.1, 0.15) is 5.75 Å². The lowest BCUT2D eigenvalue weighted by Crippen LogP contribution is -2.69. The van der Waals surface area contributed by atoms with Crippen LogP contribution in [0.5, 0.6) is 5.75 Å². The second-order valence-corrected chi connectivity index (χ2v) is 10.3. The van der Waals surface area contributed by atoms with Gasteiger partial charge in [-0.3, -0.25) is 0 Å². The van der Waals surface area contributed by atoms with Crippen molar-refractivity contribution >= 4 is 24.3 Å². The zero-order chi connectivity index (χ0) is 16.5. The molecule has 3 heteroatoms. The summed E-state index contributed by atoms with van der Waals surface area (Å²) < 4.78 is 6.28. The topological polar surface area (TPSA) is 29.5 Å². The Bertz CT molecular complexity index is 955. The molecule has 2 aromatic rings. The predicted octanol–water partition coefficient (Wildman–Crippen LogP) is 3.35. The molecule has 120 valence electrons. The Morgan fingerprint density at radius 2 is 2.00 bits per heavy atom. The Hall–Kier alpha value is -2.10. The summed E-state index contributed by atoms with van der Waals surface area (Å²) in [6, 6.07) is 8.67. The van der Waals surface area contributed by atoms with Crippen molar-refractivity contribution in [3.8, 4) is 16.9 Å². The average Bonchev–Trinajstić information content (AvgIpc) is 3.22. The molecule has 0 amide bonds. The molecule has 0 saturated heterocycles. The summed E-state index contributed by atoms with van der Waals surface area (Å²) in [5.74, 6) is 0.506. The zero-order valence-electron chi connectivity index (χ0n) is 14.0. The van der Waals surface area contributed by atoms with E-state index in [2.05, 4.69) is 56.0 Å². The highest BCUT2D eigenvalue weighted by molar-refractivity contribution is 7.03. The summed E-state index contributed by atoms with van der Waals surface area (Å²) in [7, 11) is -2.18. The van der Waals surface area contributed by atoms with Crippen LogP contribution in [0.2, 0.25) is 6.55 Å². The van der Waals surface area contributed by atoms with Gasteiger partial charge in [-0.2, -0.15) is 0 Å². The Morgan fingerprint density at radius 1 is 1.17 bits per heavy atom. The molecule has 2 aliphatic carbocycles. The van der Waals surface area contributed by atoms with Gasteiger partial charge in [0.25, 0.3) is 8.32 Å². The molecular weight excluding hydrogens is 312 g/mol. The minimum Gasteiger partial charge on any atom is -0.508 e. The maximum atomic E-state index is 10.8. The van der Waals surface area contributed by atoms with Gasteiger partial charge in [-0.1, -0.05) is 42.5 Å². The van der Waals surface area contributed by atoms with Crippen molar-refractivity contribution in [1.82, 2.24) is 0 Å². The number of phenolic OH excluding ortho intramolecular Hbond substituents is 1. The van der Waals surface area contributed by atoms with Crippen LogP contribution < -0.4 is 10.4 Å².